The highest BCUT2D eigenvalue weighted by molar-refractivity contribution is 7.47. The number of unbranched alkanes of at least 4 members (excludes halogenated alkanes) is 39. The highest BCUT2D eigenvalue weighted by atomic mass is 31.2. The van der Waals surface area contributed by atoms with E-state index in [4.69, 9.17) is 37.0 Å². The second kappa shape index (κ2) is 70.6. The number of quaternary nitrogens is 2. The third-order valence-corrected chi connectivity index (χ3v) is 22.6. The summed E-state index contributed by atoms with van der Waals surface area (Å²) in [6.07, 6.45) is 70.1. The Kier molecular flexibility index (Phi) is 70.6. The van der Waals surface area contributed by atoms with Crippen molar-refractivity contribution in [3.8, 4) is 0 Å². The Hall–Kier alpha value is -0.0200. The highest BCUT2D eigenvalue weighted by Crippen LogP contribution is 2.44. The molecule has 0 rings (SSSR count). The predicted octanol–water partition coefficient (Wildman–Crippen LogP) is 25.1. The molecule has 0 radical (unpaired) electrons. The quantitative estimate of drug-likeness (QED) is 0.0339. The lowest BCUT2D eigenvalue weighted by Crippen LogP contribution is -2.37. The molecule has 8 atom stereocenters. The minimum absolute atomic E-state index is 0.0174. The molecular weight excluding hydrogens is 1290 g/mol. The van der Waals surface area contributed by atoms with E-state index >= 15 is 0 Å². The van der Waals surface area contributed by atoms with Crippen molar-refractivity contribution in [2.24, 2.45) is 23.7 Å². The number of phosphoric acid groups is 2. The number of hydrogen-bond acceptors (Lipinski definition) is 10. The van der Waals surface area contributed by atoms with E-state index in [0.717, 1.165) is 62.2 Å². The van der Waals surface area contributed by atoms with E-state index in [2.05, 4.69) is 41.5 Å². The van der Waals surface area contributed by atoms with Gasteiger partial charge in [0.05, 0.1) is 68.7 Å². The Bertz CT molecular complexity index is 1650. The molecule has 2 N–H and O–H groups in total. The van der Waals surface area contributed by atoms with Crippen molar-refractivity contribution >= 4 is 15.6 Å². The molecule has 0 aliphatic rings. The maximum atomic E-state index is 12.7. The van der Waals surface area contributed by atoms with Crippen molar-refractivity contribution in [2.75, 3.05) is 121 Å². The summed E-state index contributed by atoms with van der Waals surface area (Å²) >= 11 is 0. The van der Waals surface area contributed by atoms with Crippen molar-refractivity contribution < 1.29 is 64.9 Å². The molecule has 0 saturated heterocycles. The first-order chi connectivity index (χ1) is 48.1. The lowest BCUT2D eigenvalue weighted by Gasteiger charge is -2.24. The zero-order valence-electron chi connectivity index (χ0n) is 68.9. The SMILES string of the molecule is CCCCCC[C@@H](C)CCCCCCCCCO[C@@H](COCCCCCCCCC[C@H](C)CCCCCCCCCCCC[C@@H](C)CCCCCCCCCOC[C@@H](COP(=O)(O)OCC[N+](C)(C)C)OCCCCCCCCC[C@H](C)CCCCCC)COP(=O)(O)OCC[N+](C)(C)C. The van der Waals surface area contributed by atoms with Gasteiger partial charge in [0.2, 0.25) is 0 Å². The summed E-state index contributed by atoms with van der Waals surface area (Å²) in [6, 6.07) is 0. The third-order valence-electron chi connectivity index (χ3n) is 20.6. The van der Waals surface area contributed by atoms with Crippen LogP contribution in [0.2, 0.25) is 0 Å². The molecule has 0 amide bonds. The summed E-state index contributed by atoms with van der Waals surface area (Å²) in [4.78, 5) is 20.7. The van der Waals surface area contributed by atoms with Gasteiger partial charge >= 0.3 is 15.6 Å². The molecule has 0 aromatic heterocycles. The lowest BCUT2D eigenvalue weighted by atomic mass is 9.95. The number of likely N-dealkylation sites (N-methyl/N-ethyl adjacent to an activating group) is 2. The molecule has 0 aromatic carbocycles. The normalized spacial score (nSPS) is 15.5. The van der Waals surface area contributed by atoms with Gasteiger partial charge in [-0.05, 0) is 49.4 Å². The molecule has 0 spiro atoms. The number of hydrogen-bond donors (Lipinski definition) is 2. The van der Waals surface area contributed by atoms with Crippen LogP contribution in [0.4, 0.5) is 0 Å². The monoisotopic (exact) mass is 1470 g/mol. The number of nitrogens with zero attached hydrogens (tertiary/aromatic N) is 2. The highest BCUT2D eigenvalue weighted by Gasteiger charge is 2.27. The van der Waals surface area contributed by atoms with Crippen molar-refractivity contribution in [3.05, 3.63) is 0 Å². The van der Waals surface area contributed by atoms with Crippen LogP contribution in [0.15, 0.2) is 0 Å². The van der Waals surface area contributed by atoms with Crippen LogP contribution in [0.5, 0.6) is 0 Å². The van der Waals surface area contributed by atoms with E-state index in [1.54, 1.807) is 0 Å². The molecule has 0 heterocycles. The minimum atomic E-state index is -4.17. The van der Waals surface area contributed by atoms with E-state index in [-0.39, 0.29) is 26.4 Å². The Morgan fingerprint density at radius 3 is 0.680 bits per heavy atom. The van der Waals surface area contributed by atoms with E-state index in [0.29, 0.717) is 61.7 Å². The van der Waals surface area contributed by atoms with Gasteiger partial charge in [0.15, 0.2) is 0 Å². The first-order valence-electron chi connectivity index (χ1n) is 43.3. The van der Waals surface area contributed by atoms with Crippen LogP contribution in [-0.2, 0) is 46.2 Å². The summed E-state index contributed by atoms with van der Waals surface area (Å²) in [6.45, 7) is 19.1. The van der Waals surface area contributed by atoms with Gasteiger partial charge in [0.1, 0.15) is 38.5 Å². The maximum Gasteiger partial charge on any atom is 0.472 e. The Balaban J connectivity index is 4.01. The average Bonchev–Trinajstić information content (AvgIpc) is 0.929. The summed E-state index contributed by atoms with van der Waals surface area (Å²) in [5.74, 6) is 3.43. The van der Waals surface area contributed by atoms with Gasteiger partial charge in [-0.1, -0.05) is 363 Å². The van der Waals surface area contributed by atoms with Crippen LogP contribution in [0.1, 0.15) is 388 Å². The molecule has 0 saturated carbocycles. The van der Waals surface area contributed by atoms with E-state index < -0.39 is 27.9 Å². The minimum Gasteiger partial charge on any atom is -0.379 e. The van der Waals surface area contributed by atoms with Crippen LogP contribution in [0, 0.1) is 23.7 Å². The first kappa shape index (κ1) is 100.0. The number of phosphoric ester groups is 2. The van der Waals surface area contributed by atoms with Gasteiger partial charge in [-0.3, -0.25) is 18.1 Å². The Morgan fingerprint density at radius 2 is 0.460 bits per heavy atom. The lowest BCUT2D eigenvalue weighted by molar-refractivity contribution is -0.870. The van der Waals surface area contributed by atoms with Crippen LogP contribution in [0.3, 0.4) is 0 Å². The fraction of sp³-hybridized carbons (Fsp3) is 1.00. The zero-order valence-corrected chi connectivity index (χ0v) is 70.7. The van der Waals surface area contributed by atoms with Crippen LogP contribution in [-0.4, -0.2) is 152 Å². The van der Waals surface area contributed by atoms with Crippen molar-refractivity contribution in [1.29, 1.82) is 0 Å². The molecule has 0 fully saturated rings. The van der Waals surface area contributed by atoms with Crippen molar-refractivity contribution in [1.82, 2.24) is 0 Å². The van der Waals surface area contributed by atoms with Gasteiger partial charge in [-0.2, -0.15) is 0 Å². The molecule has 0 bridgehead atoms. The smallest absolute Gasteiger partial charge is 0.379 e. The average molecular weight is 1470 g/mol. The van der Waals surface area contributed by atoms with E-state index in [1.165, 1.54) is 308 Å². The predicted molar refractivity (Wildman–Crippen MR) is 428 cm³/mol. The fourth-order valence-electron chi connectivity index (χ4n) is 13.4. The molecule has 16 heteroatoms. The number of ether oxygens (including phenoxy) is 4. The van der Waals surface area contributed by atoms with Crippen molar-refractivity contribution in [3.63, 3.8) is 0 Å². The van der Waals surface area contributed by atoms with Crippen LogP contribution in [0.25, 0.3) is 0 Å². The molecule has 0 aromatic rings. The number of rotatable bonds is 83. The molecule has 0 aliphatic heterocycles. The summed E-state index contributed by atoms with van der Waals surface area (Å²) in [7, 11) is 3.80. The standard InChI is InChI=1S/C84H174N2O12P2/c1-13-15-17-47-59-79(3)61-51-41-31-25-35-45-57-71-93-83(77-97-99(87,88)95-73-67-85(7,8)9)75-91-69-55-43-33-23-29-39-53-65-81(5)63-49-37-27-21-19-20-22-28-38-50-64-82(6)66-54-40-30-24-34-44-56-70-92-76-84(78-98-100(89,90)96-74-68-86(10,11)12)94-72-58-46-36-26-32-42-52-62-80(4)60-48-18-16-14-2/h79-84H,13-78H2,1-12H3/p+2/t79-,80-,81-,82-,83+,84+/m1/s1. The van der Waals surface area contributed by atoms with E-state index in [1.807, 2.05) is 42.3 Å². The summed E-state index contributed by atoms with van der Waals surface area (Å²) in [5.41, 5.74) is 0. The second-order valence-electron chi connectivity index (χ2n) is 33.6. The van der Waals surface area contributed by atoms with Gasteiger partial charge in [0, 0.05) is 26.4 Å². The van der Waals surface area contributed by atoms with E-state index in [9.17, 15) is 18.9 Å². The van der Waals surface area contributed by atoms with Gasteiger partial charge in [-0.25, -0.2) is 9.13 Å². The molecule has 14 nitrogen and oxygen atoms in total. The summed E-state index contributed by atoms with van der Waals surface area (Å²) < 4.78 is 72.4. The maximum absolute atomic E-state index is 12.7. The molecule has 2 unspecified atom stereocenters. The zero-order chi connectivity index (χ0) is 73.8. The molecular formula is C84H176N2O12P2+2. The first-order valence-corrected chi connectivity index (χ1v) is 46.3. The fourth-order valence-corrected chi connectivity index (χ4v) is 14.9. The van der Waals surface area contributed by atoms with Gasteiger partial charge < -0.3 is 37.7 Å². The largest absolute Gasteiger partial charge is 0.472 e. The Morgan fingerprint density at radius 1 is 0.260 bits per heavy atom. The van der Waals surface area contributed by atoms with Crippen molar-refractivity contribution in [2.45, 2.75) is 400 Å². The van der Waals surface area contributed by atoms with Gasteiger partial charge in [-0.15, -0.1) is 0 Å². The molecule has 0 aliphatic carbocycles. The van der Waals surface area contributed by atoms with Gasteiger partial charge in [0.25, 0.3) is 0 Å². The topological polar surface area (TPSA) is 148 Å². The Labute approximate surface area is 623 Å². The summed E-state index contributed by atoms with van der Waals surface area (Å²) in [5, 5.41) is 0. The van der Waals surface area contributed by atoms with Crippen LogP contribution < -0.4 is 0 Å². The second-order valence-corrected chi connectivity index (χ2v) is 36.6. The molecule has 602 valence electrons. The molecule has 100 heavy (non-hydrogen) atoms. The van der Waals surface area contributed by atoms with Crippen LogP contribution >= 0.6 is 15.6 Å². The third kappa shape index (κ3) is 77.6.